The van der Waals surface area contributed by atoms with Gasteiger partial charge in [-0.2, -0.15) is 0 Å². The Morgan fingerprint density at radius 1 is 1.21 bits per heavy atom. The zero-order chi connectivity index (χ0) is 20.8. The molecule has 29 heavy (non-hydrogen) atoms. The number of nitrogens with one attached hydrogen (secondary N) is 1. The first kappa shape index (κ1) is 21.1. The van der Waals surface area contributed by atoms with Gasteiger partial charge in [0.2, 0.25) is 5.91 Å². The lowest BCUT2D eigenvalue weighted by Crippen LogP contribution is -2.28. The number of amides is 1. The molecule has 152 valence electrons. The van der Waals surface area contributed by atoms with Crippen LogP contribution in [0.4, 0.5) is 4.39 Å². The van der Waals surface area contributed by atoms with Crippen molar-refractivity contribution in [1.29, 1.82) is 0 Å². The highest BCUT2D eigenvalue weighted by Crippen LogP contribution is 2.25. The molecule has 2 unspecified atom stereocenters. The van der Waals surface area contributed by atoms with Crippen LogP contribution in [-0.2, 0) is 4.79 Å². The summed E-state index contributed by atoms with van der Waals surface area (Å²) in [6, 6.07) is 12.8. The highest BCUT2D eigenvalue weighted by molar-refractivity contribution is 7.99. The first-order valence-corrected chi connectivity index (χ1v) is 10.2. The van der Waals surface area contributed by atoms with Gasteiger partial charge in [0.25, 0.3) is 11.1 Å². The molecule has 6 nitrogen and oxygen atoms in total. The van der Waals surface area contributed by atoms with Gasteiger partial charge in [-0.1, -0.05) is 41.6 Å². The number of ether oxygens (including phenoxy) is 1. The van der Waals surface area contributed by atoms with Crippen molar-refractivity contribution in [2.75, 3.05) is 5.75 Å². The smallest absolute Gasteiger partial charge is 0.277 e. The molecule has 3 aromatic rings. The van der Waals surface area contributed by atoms with Crippen LogP contribution in [0.2, 0.25) is 5.02 Å². The van der Waals surface area contributed by atoms with Gasteiger partial charge in [-0.15, -0.1) is 10.2 Å². The lowest BCUT2D eigenvalue weighted by Gasteiger charge is -2.15. The fourth-order valence-corrected chi connectivity index (χ4v) is 3.41. The minimum atomic E-state index is -0.517. The lowest BCUT2D eigenvalue weighted by molar-refractivity contribution is -0.119. The Hall–Kier alpha value is -2.58. The molecule has 0 bridgehead atoms. The fourth-order valence-electron chi connectivity index (χ4n) is 2.53. The third-order valence-corrected chi connectivity index (χ3v) is 5.13. The maximum Gasteiger partial charge on any atom is 0.277 e. The minimum absolute atomic E-state index is 0.115. The first-order valence-electron chi connectivity index (χ1n) is 8.84. The van der Waals surface area contributed by atoms with Gasteiger partial charge < -0.3 is 14.5 Å². The van der Waals surface area contributed by atoms with E-state index in [0.29, 0.717) is 10.8 Å². The summed E-state index contributed by atoms with van der Waals surface area (Å²) >= 11 is 7.28. The zero-order valence-electron chi connectivity index (χ0n) is 15.8. The molecule has 2 atom stereocenters. The van der Waals surface area contributed by atoms with E-state index < -0.39 is 6.10 Å². The largest absolute Gasteiger partial charge is 0.481 e. The molecule has 3 rings (SSSR count). The molecule has 9 heteroatoms. The molecule has 1 amide bonds. The second-order valence-corrected chi connectivity index (χ2v) is 7.55. The van der Waals surface area contributed by atoms with Gasteiger partial charge in [0.1, 0.15) is 11.6 Å². The number of carbonyl (C=O) groups excluding carboxylic acids is 1. The quantitative estimate of drug-likeness (QED) is 0.503. The van der Waals surface area contributed by atoms with Crippen LogP contribution in [0.5, 0.6) is 5.75 Å². The van der Waals surface area contributed by atoms with E-state index in [9.17, 15) is 9.18 Å². The number of halogens is 2. The maximum absolute atomic E-state index is 13.0. The highest BCUT2D eigenvalue weighted by atomic mass is 35.5. The Labute approximate surface area is 176 Å². The molecule has 0 spiro atoms. The number of rotatable bonds is 8. The first-order chi connectivity index (χ1) is 13.9. The van der Waals surface area contributed by atoms with Crippen LogP contribution in [0.3, 0.4) is 0 Å². The molecule has 1 aromatic heterocycles. The summed E-state index contributed by atoms with van der Waals surface area (Å²) < 4.78 is 24.1. The number of nitrogens with zero attached hydrogens (tertiary/aromatic N) is 2. The van der Waals surface area contributed by atoms with Crippen molar-refractivity contribution < 1.29 is 18.3 Å². The summed E-state index contributed by atoms with van der Waals surface area (Å²) in [5, 5.41) is 11.6. The van der Waals surface area contributed by atoms with Gasteiger partial charge in [-0.25, -0.2) is 4.39 Å². The second kappa shape index (κ2) is 9.76. The van der Waals surface area contributed by atoms with E-state index in [0.717, 1.165) is 17.3 Å². The van der Waals surface area contributed by atoms with Crippen molar-refractivity contribution >= 4 is 29.3 Å². The van der Waals surface area contributed by atoms with Crippen LogP contribution in [0.1, 0.15) is 37.4 Å². The molecule has 0 saturated heterocycles. The number of hydrogen-bond donors (Lipinski definition) is 1. The average Bonchev–Trinajstić information content (AvgIpc) is 3.18. The number of carbonyl (C=O) groups is 1. The molecule has 0 aliphatic rings. The Balaban J connectivity index is 1.50. The Morgan fingerprint density at radius 3 is 2.66 bits per heavy atom. The molecular weight excluding hydrogens is 417 g/mol. The predicted molar refractivity (Wildman–Crippen MR) is 108 cm³/mol. The third-order valence-electron chi connectivity index (χ3n) is 3.97. The van der Waals surface area contributed by atoms with Crippen molar-refractivity contribution in [2.24, 2.45) is 0 Å². The molecule has 0 fully saturated rings. The van der Waals surface area contributed by atoms with Gasteiger partial charge in [0, 0.05) is 5.02 Å². The minimum Gasteiger partial charge on any atom is -0.481 e. The van der Waals surface area contributed by atoms with E-state index in [1.165, 1.54) is 24.3 Å². The lowest BCUT2D eigenvalue weighted by atomic mass is 10.1. The summed E-state index contributed by atoms with van der Waals surface area (Å²) in [4.78, 5) is 12.2. The van der Waals surface area contributed by atoms with Crippen LogP contribution in [0.25, 0.3) is 0 Å². The van der Waals surface area contributed by atoms with Crippen molar-refractivity contribution in [2.45, 2.75) is 31.2 Å². The topological polar surface area (TPSA) is 77.2 Å². The van der Waals surface area contributed by atoms with Crippen LogP contribution >= 0.6 is 23.4 Å². The summed E-state index contributed by atoms with van der Waals surface area (Å²) in [5.41, 5.74) is 0.847. The number of thioether (sulfide) groups is 1. The van der Waals surface area contributed by atoms with Crippen LogP contribution in [0.15, 0.2) is 58.2 Å². The SMILES string of the molecule is CC(NC(=O)CSc1nnc(C(C)Oc2ccc(F)cc2)o1)c1ccccc1Cl. The van der Waals surface area contributed by atoms with E-state index in [1.54, 1.807) is 13.0 Å². The molecule has 1 N–H and O–H groups in total. The van der Waals surface area contributed by atoms with E-state index in [4.69, 9.17) is 20.8 Å². The Kier molecular flexibility index (Phi) is 7.11. The van der Waals surface area contributed by atoms with Crippen molar-refractivity contribution in [1.82, 2.24) is 15.5 Å². The monoisotopic (exact) mass is 435 g/mol. The van der Waals surface area contributed by atoms with Gasteiger partial charge in [-0.05, 0) is 49.7 Å². The Morgan fingerprint density at radius 2 is 1.93 bits per heavy atom. The number of benzene rings is 2. The molecule has 0 radical (unpaired) electrons. The molecule has 0 aliphatic heterocycles. The van der Waals surface area contributed by atoms with Gasteiger partial charge in [-0.3, -0.25) is 4.79 Å². The van der Waals surface area contributed by atoms with E-state index in [2.05, 4.69) is 15.5 Å². The average molecular weight is 436 g/mol. The van der Waals surface area contributed by atoms with E-state index in [-0.39, 0.29) is 34.6 Å². The van der Waals surface area contributed by atoms with E-state index in [1.807, 2.05) is 25.1 Å². The Bertz CT molecular complexity index is 968. The van der Waals surface area contributed by atoms with E-state index >= 15 is 0 Å². The molecule has 1 heterocycles. The van der Waals surface area contributed by atoms with Crippen molar-refractivity contribution in [3.63, 3.8) is 0 Å². The van der Waals surface area contributed by atoms with Gasteiger partial charge in [0.15, 0.2) is 6.10 Å². The summed E-state index contributed by atoms with van der Waals surface area (Å²) in [5.74, 6) is 0.339. The molecule has 0 aliphatic carbocycles. The summed E-state index contributed by atoms with van der Waals surface area (Å²) in [6.45, 7) is 3.60. The highest BCUT2D eigenvalue weighted by Gasteiger charge is 2.18. The van der Waals surface area contributed by atoms with Crippen molar-refractivity contribution in [3.8, 4) is 5.75 Å². The van der Waals surface area contributed by atoms with Crippen molar-refractivity contribution in [3.05, 3.63) is 70.8 Å². The zero-order valence-corrected chi connectivity index (χ0v) is 17.3. The van der Waals surface area contributed by atoms with Crippen LogP contribution in [0, 0.1) is 5.82 Å². The summed E-state index contributed by atoms with van der Waals surface area (Å²) in [7, 11) is 0. The molecule has 0 saturated carbocycles. The van der Waals surface area contributed by atoms with Gasteiger partial charge >= 0.3 is 0 Å². The normalized spacial score (nSPS) is 13.0. The number of aromatic nitrogens is 2. The predicted octanol–water partition coefficient (Wildman–Crippen LogP) is 4.97. The van der Waals surface area contributed by atoms with Crippen LogP contribution < -0.4 is 10.1 Å². The second-order valence-electron chi connectivity index (χ2n) is 6.22. The number of hydrogen-bond acceptors (Lipinski definition) is 6. The van der Waals surface area contributed by atoms with Crippen LogP contribution in [-0.4, -0.2) is 21.9 Å². The standard InChI is InChI=1S/C20H19ClFN3O3S/c1-12(16-5-3-4-6-17(16)21)23-18(26)11-29-20-25-24-19(28-20)13(2)27-15-9-7-14(22)8-10-15/h3-10,12-13H,11H2,1-2H3,(H,23,26). The fraction of sp³-hybridized carbons (Fsp3) is 0.250. The molecule has 2 aromatic carbocycles. The summed E-state index contributed by atoms with van der Waals surface area (Å²) in [6.07, 6.45) is -0.517. The van der Waals surface area contributed by atoms with Gasteiger partial charge in [0.05, 0.1) is 11.8 Å². The maximum atomic E-state index is 13.0. The third kappa shape index (κ3) is 5.95. The molecular formula is C20H19ClFN3O3S.